The molecule has 0 spiro atoms. The summed E-state index contributed by atoms with van der Waals surface area (Å²) in [5.74, 6) is -17.8. The Labute approximate surface area is 521 Å². The van der Waals surface area contributed by atoms with Crippen molar-refractivity contribution in [2.24, 2.45) is 11.7 Å². The van der Waals surface area contributed by atoms with E-state index < -0.39 is 232 Å². The number of rotatable bonds is 45. The number of ether oxygens (including phenoxy) is 1. The smallest absolute Gasteiger partial charge is 0.303 e. The molecule has 1 aliphatic rings. The third kappa shape index (κ3) is 32.5. The van der Waals surface area contributed by atoms with Gasteiger partial charge in [-0.25, -0.2) is 0 Å². The molecule has 0 aliphatic carbocycles. The molecule has 12 amide bonds. The van der Waals surface area contributed by atoms with E-state index in [1.54, 1.807) is 27.0 Å². The zero-order chi connectivity index (χ0) is 68.2. The van der Waals surface area contributed by atoms with Crippen molar-refractivity contribution >= 4 is 112 Å². The van der Waals surface area contributed by atoms with Crippen LogP contribution in [-0.4, -0.2) is 243 Å². The third-order valence-corrected chi connectivity index (χ3v) is 13.7. The number of thioether (sulfide) groups is 1. The Morgan fingerprint density at radius 2 is 0.944 bits per heavy atom. The minimum atomic E-state index is -1.87. The predicted molar refractivity (Wildman–Crippen MR) is 313 cm³/mol. The summed E-state index contributed by atoms with van der Waals surface area (Å²) < 4.78 is 5.47. The lowest BCUT2D eigenvalue weighted by atomic mass is 10.0. The summed E-state index contributed by atoms with van der Waals surface area (Å²) in [6.07, 6.45) is -4.25. The molecule has 1 aliphatic heterocycles. The number of likely N-dealkylation sites (N-methyl/N-ethyl adjacent to an activating group) is 1. The first-order valence-corrected chi connectivity index (χ1v) is 30.1. The van der Waals surface area contributed by atoms with Gasteiger partial charge in [-0.05, 0) is 77.4 Å². The maximum Gasteiger partial charge on any atom is 0.303 e. The average Bonchev–Trinajstić information content (AvgIpc) is 3.17. The number of nitrogens with one attached hydrogen (secondary N) is 11. The second-order valence-corrected chi connectivity index (χ2v) is 21.9. The van der Waals surface area contributed by atoms with E-state index in [-0.39, 0.29) is 50.8 Å². The highest BCUT2D eigenvalue weighted by atomic mass is 32.2. The van der Waals surface area contributed by atoms with Gasteiger partial charge < -0.3 is 99.4 Å². The molecule has 0 saturated carbocycles. The first kappa shape index (κ1) is 79.3. The van der Waals surface area contributed by atoms with Crippen LogP contribution in [-0.2, 0) is 86.2 Å². The Morgan fingerprint density at radius 3 is 1.41 bits per heavy atom. The highest BCUT2D eigenvalue weighted by molar-refractivity contribution is 7.98. The van der Waals surface area contributed by atoms with Gasteiger partial charge in [-0.1, -0.05) is 13.8 Å². The van der Waals surface area contributed by atoms with Gasteiger partial charge in [0, 0.05) is 57.5 Å². The minimum absolute atomic E-state index is 0.0845. The van der Waals surface area contributed by atoms with Gasteiger partial charge >= 0.3 is 29.8 Å². The molecule has 18 N–H and O–H groups in total. The van der Waals surface area contributed by atoms with E-state index in [1.807, 2.05) is 0 Å². The second-order valence-electron chi connectivity index (χ2n) is 21.0. The lowest BCUT2D eigenvalue weighted by Crippen LogP contribution is -2.59. The number of nitrogens with zero attached hydrogens (tertiary/aromatic N) is 1. The highest BCUT2D eigenvalue weighted by Crippen LogP contribution is 2.19. The Bertz CT molecular complexity index is 2560. The highest BCUT2D eigenvalue weighted by Gasteiger charge is 2.37. The van der Waals surface area contributed by atoms with E-state index in [0.717, 1.165) is 0 Å². The maximum absolute atomic E-state index is 13.8. The zero-order valence-electron chi connectivity index (χ0n) is 50.6. The molecule has 0 aromatic heterocycles. The lowest BCUT2D eigenvalue weighted by Gasteiger charge is -2.27. The summed E-state index contributed by atoms with van der Waals surface area (Å²) in [6, 6.07) is -13.1. The molecule has 1 heterocycles. The molecule has 0 aromatic rings. The molecule has 0 radical (unpaired) electrons. The zero-order valence-corrected chi connectivity index (χ0v) is 51.5. The molecule has 36 nitrogen and oxygen atoms in total. The van der Waals surface area contributed by atoms with Crippen molar-refractivity contribution in [2.75, 3.05) is 57.9 Å². The van der Waals surface area contributed by atoms with Crippen LogP contribution in [0.25, 0.3) is 0 Å². The van der Waals surface area contributed by atoms with Crippen molar-refractivity contribution < 1.29 is 112 Å². The van der Waals surface area contributed by atoms with Crippen LogP contribution < -0.4 is 64.2 Å². The average molecular weight is 1300 g/mol. The quantitative estimate of drug-likeness (QED) is 0.0252. The van der Waals surface area contributed by atoms with Crippen molar-refractivity contribution in [2.45, 2.75) is 166 Å². The number of carboxylic acid groups (broad SMARTS) is 5. The molecule has 1 saturated heterocycles. The molecule has 0 aromatic carbocycles. The van der Waals surface area contributed by atoms with Crippen molar-refractivity contribution in [3.05, 3.63) is 0 Å². The molecule has 0 bridgehead atoms. The van der Waals surface area contributed by atoms with E-state index in [0.29, 0.717) is 13.0 Å². The van der Waals surface area contributed by atoms with Crippen LogP contribution in [0.3, 0.4) is 0 Å². The maximum atomic E-state index is 13.8. The van der Waals surface area contributed by atoms with Crippen LogP contribution in [0.2, 0.25) is 0 Å². The van der Waals surface area contributed by atoms with E-state index in [4.69, 9.17) is 15.6 Å². The van der Waals surface area contributed by atoms with Crippen LogP contribution >= 0.6 is 11.8 Å². The SMILES string of the molecule is CCNC(=O)CNC(=O)[C@H](C)NC(=O)[C@H](CSC)NC(=O)CNC(=O)[C@H](CC(C)C)NC(=O)[C@@H]1CCCN1C(=O)COCCNC(=O)[C@@H](CCC(=O)O)NC(=O)[C@@H](CCC(=O)O)NC(=O)[C@@H](CCC(=O)O)NC(=O)[C@@H](CCC(=O)O)NC(=O)[C@H](N)CCC(=O)O. The van der Waals surface area contributed by atoms with Crippen LogP contribution in [0.5, 0.6) is 0 Å². The molecule has 9 atom stereocenters. The van der Waals surface area contributed by atoms with Gasteiger partial charge in [0.1, 0.15) is 54.9 Å². The fourth-order valence-corrected chi connectivity index (χ4v) is 8.99. The molecular weight excluding hydrogens is 1220 g/mol. The van der Waals surface area contributed by atoms with Gasteiger partial charge in [-0.2, -0.15) is 11.8 Å². The number of carbonyl (C=O) groups excluding carboxylic acids is 12. The predicted octanol–water partition coefficient (Wildman–Crippen LogP) is -6.05. The van der Waals surface area contributed by atoms with Gasteiger partial charge in [-0.3, -0.25) is 81.5 Å². The van der Waals surface area contributed by atoms with Crippen LogP contribution in [0.1, 0.15) is 111 Å². The standard InChI is InChI=1S/C53H85N13O23S/c1-6-55-37(67)23-57-45(80)28(4)59-52(87)35(26-90-5)60-38(68)24-58-48(83)34(22-27(2)3)65-53(88)36-8-7-20-66(36)39(69)25-89-21-19-56-47(82)30(10-15-41(72)73)62-50(85)32(12-17-43(76)77)64-51(86)33(13-18-44(78)79)63-49(84)31(11-16-42(74)75)61-46(81)29(54)9-14-40(70)71/h27-36H,6-26,54H2,1-5H3,(H,55,67)(H,56,82)(H,57,80)(H,58,83)(H,59,87)(H,60,68)(H,61,81)(H,62,85)(H,63,84)(H,64,86)(H,65,88)(H,70,71)(H,72,73)(H,74,75)(H,76,77)(H,78,79)/t28-,29+,30+,31+,32+,33+,34-,35-,36-/m0/s1. The molecule has 1 rings (SSSR count). The van der Waals surface area contributed by atoms with Gasteiger partial charge in [0.25, 0.3) is 0 Å². The van der Waals surface area contributed by atoms with Crippen LogP contribution in [0.15, 0.2) is 0 Å². The fourth-order valence-electron chi connectivity index (χ4n) is 8.42. The largest absolute Gasteiger partial charge is 0.481 e. The van der Waals surface area contributed by atoms with Gasteiger partial charge in [0.2, 0.25) is 70.9 Å². The van der Waals surface area contributed by atoms with E-state index in [1.165, 1.54) is 23.6 Å². The molecule has 90 heavy (non-hydrogen) atoms. The van der Waals surface area contributed by atoms with Crippen molar-refractivity contribution in [3.63, 3.8) is 0 Å². The molecule has 506 valence electrons. The number of likely N-dealkylation sites (tertiary alicyclic amines) is 1. The summed E-state index contributed by atoms with van der Waals surface area (Å²) in [7, 11) is 0. The van der Waals surface area contributed by atoms with Crippen LogP contribution in [0.4, 0.5) is 0 Å². The van der Waals surface area contributed by atoms with E-state index >= 15 is 0 Å². The topological polar surface area (TPSA) is 562 Å². The summed E-state index contributed by atoms with van der Waals surface area (Å²) in [6.45, 7) is 4.82. The summed E-state index contributed by atoms with van der Waals surface area (Å²) in [4.78, 5) is 216. The Kier molecular flexibility index (Phi) is 37.2. The first-order chi connectivity index (χ1) is 42.3. The van der Waals surface area contributed by atoms with Gasteiger partial charge in [-0.15, -0.1) is 0 Å². The van der Waals surface area contributed by atoms with Gasteiger partial charge in [0.15, 0.2) is 0 Å². The molecular formula is C53H85N13O23S. The van der Waals surface area contributed by atoms with Gasteiger partial charge in [0.05, 0.1) is 25.7 Å². The summed E-state index contributed by atoms with van der Waals surface area (Å²) in [5.41, 5.74) is 5.72. The minimum Gasteiger partial charge on any atom is -0.481 e. The lowest BCUT2D eigenvalue weighted by molar-refractivity contribution is -0.142. The normalized spacial score (nSPS) is 15.2. The van der Waals surface area contributed by atoms with Crippen LogP contribution in [0, 0.1) is 5.92 Å². The number of carbonyl (C=O) groups is 17. The fraction of sp³-hybridized carbons (Fsp3) is 0.679. The number of amides is 12. The molecule has 37 heteroatoms. The van der Waals surface area contributed by atoms with E-state index in [2.05, 4.69) is 58.5 Å². The van der Waals surface area contributed by atoms with Crippen molar-refractivity contribution in [1.29, 1.82) is 0 Å². The van der Waals surface area contributed by atoms with Crippen molar-refractivity contribution in [3.8, 4) is 0 Å². The van der Waals surface area contributed by atoms with Crippen molar-refractivity contribution in [1.82, 2.24) is 63.4 Å². The third-order valence-electron chi connectivity index (χ3n) is 13.1. The Morgan fingerprint density at radius 1 is 0.511 bits per heavy atom. The number of hydrogen-bond acceptors (Lipinski definition) is 20. The molecule has 0 unspecified atom stereocenters. The number of carboxylic acids is 5. The molecule has 1 fully saturated rings. The van der Waals surface area contributed by atoms with E-state index in [9.17, 15) is 102 Å². The Balaban J connectivity index is 3.07. The number of nitrogens with two attached hydrogens (primary N) is 1. The number of hydrogen-bond donors (Lipinski definition) is 17. The first-order valence-electron chi connectivity index (χ1n) is 28.7. The monoisotopic (exact) mass is 1300 g/mol. The summed E-state index contributed by atoms with van der Waals surface area (Å²) in [5, 5.41) is 72.6. The number of aliphatic carboxylic acids is 5. The Hall–Kier alpha value is -8.74. The summed E-state index contributed by atoms with van der Waals surface area (Å²) >= 11 is 1.21. The second kappa shape index (κ2) is 42.2.